The molecule has 2 N–H and O–H groups in total. The Bertz CT molecular complexity index is 1350. The lowest BCUT2D eigenvalue weighted by molar-refractivity contribution is -0.140. The molecular weight excluding hydrogens is 441 g/mol. The van der Waals surface area contributed by atoms with Crippen LogP contribution in [0.1, 0.15) is 41.9 Å². The van der Waals surface area contributed by atoms with Gasteiger partial charge in [-0.05, 0) is 49.3 Å². The summed E-state index contributed by atoms with van der Waals surface area (Å²) in [6.07, 6.45) is 0.0962. The number of para-hydroxylation sites is 1. The first-order valence-electron chi connectivity index (χ1n) is 11.3. The number of carbonyl (C=O) groups excluding carboxylic acids is 1. The van der Waals surface area contributed by atoms with E-state index in [4.69, 9.17) is 0 Å². The van der Waals surface area contributed by atoms with E-state index in [1.807, 2.05) is 24.3 Å². The first kappa shape index (κ1) is 22.1. The van der Waals surface area contributed by atoms with Gasteiger partial charge in [-0.25, -0.2) is 4.98 Å². The van der Waals surface area contributed by atoms with Crippen LogP contribution in [0.5, 0.6) is 0 Å². The molecular formula is C26H23F3N4O. The zero-order valence-electron chi connectivity index (χ0n) is 18.3. The minimum atomic E-state index is -4.51. The summed E-state index contributed by atoms with van der Waals surface area (Å²) >= 11 is 0. The molecule has 1 aliphatic rings. The number of pyridine rings is 2. The van der Waals surface area contributed by atoms with E-state index in [1.165, 1.54) is 0 Å². The molecule has 2 aromatic carbocycles. The normalized spacial score (nSPS) is 18.7. The Kier molecular flexibility index (Phi) is 5.81. The first-order chi connectivity index (χ1) is 16.4. The van der Waals surface area contributed by atoms with E-state index >= 15 is 0 Å². The van der Waals surface area contributed by atoms with Gasteiger partial charge in [0.15, 0.2) is 0 Å². The van der Waals surface area contributed by atoms with E-state index in [1.54, 1.807) is 36.5 Å². The van der Waals surface area contributed by atoms with E-state index in [0.29, 0.717) is 22.3 Å². The summed E-state index contributed by atoms with van der Waals surface area (Å²) in [5.74, 6) is -0.211. The lowest BCUT2D eigenvalue weighted by Crippen LogP contribution is -2.40. The van der Waals surface area contributed by atoms with Gasteiger partial charge in [-0.15, -0.1) is 0 Å². The van der Waals surface area contributed by atoms with Crippen LogP contribution in [0.2, 0.25) is 0 Å². The van der Waals surface area contributed by atoms with Crippen molar-refractivity contribution in [2.45, 2.75) is 43.9 Å². The first-order valence-corrected chi connectivity index (χ1v) is 11.3. The van der Waals surface area contributed by atoms with Crippen molar-refractivity contribution >= 4 is 33.3 Å². The number of fused-ring (bicyclic) bond motifs is 2. The standard InChI is InChI=1S/C26H23F3N4O/c27-26(28,29)24-14-22(20-7-3-4-8-21(20)33-24)31-18-9-11-19(12-10-18)32-25(34)23-13-16-5-1-2-6-17(16)15-30-23/h1-8,13-15,18-19H,9-12H2,(H,31,33)(H,32,34). The second-order valence-corrected chi connectivity index (χ2v) is 8.65. The number of hydrogen-bond donors (Lipinski definition) is 2. The molecule has 0 aliphatic heterocycles. The molecule has 0 atom stereocenters. The second kappa shape index (κ2) is 8.93. The molecule has 1 aliphatic carbocycles. The van der Waals surface area contributed by atoms with Gasteiger partial charge in [0.25, 0.3) is 5.91 Å². The highest BCUT2D eigenvalue weighted by Crippen LogP contribution is 2.34. The molecule has 8 heteroatoms. The molecule has 0 bridgehead atoms. The smallest absolute Gasteiger partial charge is 0.382 e. The van der Waals surface area contributed by atoms with Crippen molar-refractivity contribution in [2.24, 2.45) is 0 Å². The highest BCUT2D eigenvalue weighted by atomic mass is 19.4. The van der Waals surface area contributed by atoms with Crippen molar-refractivity contribution in [2.75, 3.05) is 5.32 Å². The summed E-state index contributed by atoms with van der Waals surface area (Å²) in [5, 5.41) is 8.94. The van der Waals surface area contributed by atoms with Crippen LogP contribution in [0.25, 0.3) is 21.7 Å². The number of nitrogens with one attached hydrogen (secondary N) is 2. The zero-order chi connectivity index (χ0) is 23.7. The van der Waals surface area contributed by atoms with Crippen LogP contribution in [0.3, 0.4) is 0 Å². The Hall–Kier alpha value is -3.68. The Balaban J connectivity index is 1.24. The van der Waals surface area contributed by atoms with Crippen LogP contribution in [-0.4, -0.2) is 28.0 Å². The summed E-state index contributed by atoms with van der Waals surface area (Å²) in [6.45, 7) is 0. The summed E-state index contributed by atoms with van der Waals surface area (Å²) in [4.78, 5) is 20.8. The van der Waals surface area contributed by atoms with Crippen LogP contribution in [0, 0.1) is 0 Å². The average molecular weight is 464 g/mol. The fraction of sp³-hybridized carbons (Fsp3) is 0.269. The number of halogens is 3. The van der Waals surface area contributed by atoms with Crippen LogP contribution in [-0.2, 0) is 6.18 Å². The van der Waals surface area contributed by atoms with Crippen molar-refractivity contribution in [1.82, 2.24) is 15.3 Å². The molecule has 0 unspecified atom stereocenters. The minimum Gasteiger partial charge on any atom is -0.382 e. The van der Waals surface area contributed by atoms with Crippen molar-refractivity contribution < 1.29 is 18.0 Å². The molecule has 1 fully saturated rings. The molecule has 5 nitrogen and oxygen atoms in total. The number of hydrogen-bond acceptors (Lipinski definition) is 4. The maximum Gasteiger partial charge on any atom is 0.433 e. The quantitative estimate of drug-likeness (QED) is 0.391. The largest absolute Gasteiger partial charge is 0.433 e. The van der Waals surface area contributed by atoms with Crippen molar-refractivity contribution in [3.63, 3.8) is 0 Å². The van der Waals surface area contributed by atoms with E-state index < -0.39 is 11.9 Å². The molecule has 0 saturated heterocycles. The Morgan fingerprint density at radius 1 is 0.882 bits per heavy atom. The number of rotatable bonds is 4. The molecule has 2 aromatic heterocycles. The second-order valence-electron chi connectivity index (χ2n) is 8.65. The molecule has 1 saturated carbocycles. The fourth-order valence-electron chi connectivity index (χ4n) is 4.51. The maximum atomic E-state index is 13.3. The predicted molar refractivity (Wildman–Crippen MR) is 126 cm³/mol. The number of aromatic nitrogens is 2. The molecule has 4 aromatic rings. The van der Waals surface area contributed by atoms with Crippen LogP contribution < -0.4 is 10.6 Å². The van der Waals surface area contributed by atoms with Gasteiger partial charge in [0.1, 0.15) is 11.4 Å². The van der Waals surface area contributed by atoms with E-state index in [9.17, 15) is 18.0 Å². The fourth-order valence-corrected chi connectivity index (χ4v) is 4.51. The number of anilines is 1. The van der Waals surface area contributed by atoms with Gasteiger partial charge in [0, 0.05) is 34.7 Å². The number of amides is 1. The lowest BCUT2D eigenvalue weighted by atomic mass is 9.90. The summed E-state index contributed by atoms with van der Waals surface area (Å²) in [5.41, 5.74) is 0.217. The van der Waals surface area contributed by atoms with Crippen LogP contribution >= 0.6 is 0 Å². The van der Waals surface area contributed by atoms with Crippen LogP contribution in [0.15, 0.2) is 66.9 Å². The summed E-state index contributed by atoms with van der Waals surface area (Å²) < 4.78 is 40.0. The van der Waals surface area contributed by atoms with Gasteiger partial charge >= 0.3 is 6.18 Å². The van der Waals surface area contributed by atoms with E-state index in [2.05, 4.69) is 20.6 Å². The molecule has 5 rings (SSSR count). The molecule has 1 amide bonds. The highest BCUT2D eigenvalue weighted by Gasteiger charge is 2.34. The van der Waals surface area contributed by atoms with Crippen LogP contribution in [0.4, 0.5) is 18.9 Å². The van der Waals surface area contributed by atoms with Gasteiger partial charge in [-0.2, -0.15) is 13.2 Å². The molecule has 2 heterocycles. The third-order valence-corrected chi connectivity index (χ3v) is 6.29. The Morgan fingerprint density at radius 3 is 2.32 bits per heavy atom. The SMILES string of the molecule is O=C(NC1CCC(Nc2cc(C(F)(F)F)nc3ccccc23)CC1)c1cc2ccccc2cn1. The molecule has 174 valence electrons. The molecule has 0 radical (unpaired) electrons. The highest BCUT2D eigenvalue weighted by molar-refractivity contribution is 5.96. The number of alkyl halides is 3. The van der Waals surface area contributed by atoms with Crippen molar-refractivity contribution in [1.29, 1.82) is 0 Å². The van der Waals surface area contributed by atoms with Crippen molar-refractivity contribution in [3.05, 3.63) is 78.2 Å². The third kappa shape index (κ3) is 4.66. The van der Waals surface area contributed by atoms with E-state index in [0.717, 1.165) is 42.5 Å². The van der Waals surface area contributed by atoms with Crippen molar-refractivity contribution in [3.8, 4) is 0 Å². The number of nitrogens with zero attached hydrogens (tertiary/aromatic N) is 2. The number of carbonyl (C=O) groups is 1. The van der Waals surface area contributed by atoms with Gasteiger partial charge in [0.05, 0.1) is 5.52 Å². The van der Waals surface area contributed by atoms with E-state index in [-0.39, 0.29) is 18.0 Å². The molecule has 0 spiro atoms. The zero-order valence-corrected chi connectivity index (χ0v) is 18.3. The van der Waals surface area contributed by atoms with Gasteiger partial charge in [-0.3, -0.25) is 9.78 Å². The summed E-state index contributed by atoms with van der Waals surface area (Å²) in [6, 6.07) is 17.4. The topological polar surface area (TPSA) is 66.9 Å². The van der Waals surface area contributed by atoms with Gasteiger partial charge < -0.3 is 10.6 Å². The number of benzene rings is 2. The van der Waals surface area contributed by atoms with Gasteiger partial charge in [0.2, 0.25) is 0 Å². The minimum absolute atomic E-state index is 0.00117. The summed E-state index contributed by atoms with van der Waals surface area (Å²) in [7, 11) is 0. The Labute approximate surface area is 194 Å². The molecule has 34 heavy (non-hydrogen) atoms. The monoisotopic (exact) mass is 464 g/mol. The predicted octanol–water partition coefficient (Wildman–Crippen LogP) is 5.95. The Morgan fingerprint density at radius 2 is 1.56 bits per heavy atom. The van der Waals surface area contributed by atoms with Gasteiger partial charge in [-0.1, -0.05) is 42.5 Å². The maximum absolute atomic E-state index is 13.3. The average Bonchev–Trinajstić information content (AvgIpc) is 2.84. The lowest BCUT2D eigenvalue weighted by Gasteiger charge is -2.30. The third-order valence-electron chi connectivity index (χ3n) is 6.29.